The Bertz CT molecular complexity index is 706. The van der Waals surface area contributed by atoms with Gasteiger partial charge in [-0.2, -0.15) is 0 Å². The number of benzene rings is 1. The summed E-state index contributed by atoms with van der Waals surface area (Å²) in [5, 5.41) is 9.32. The number of nitrogens with zero attached hydrogens (tertiary/aromatic N) is 1. The standard InChI is InChI=1S/C15H18N2O4/c1-17(2)5-6-21-11-3-4-12-13(9-11)16-10(7-14(12)18)8-15(19)20/h3-4,7,9H,5-6,8H2,1-2H3,(H,16,18)(H,19,20). The summed E-state index contributed by atoms with van der Waals surface area (Å²) in [7, 11) is 3.92. The van der Waals surface area contributed by atoms with Crippen LogP contribution in [0.15, 0.2) is 29.1 Å². The average Bonchev–Trinajstić information content (AvgIpc) is 2.37. The van der Waals surface area contributed by atoms with Crippen LogP contribution in [0.4, 0.5) is 0 Å². The lowest BCUT2D eigenvalue weighted by molar-refractivity contribution is -0.136. The van der Waals surface area contributed by atoms with E-state index in [0.717, 1.165) is 6.54 Å². The van der Waals surface area contributed by atoms with Crippen LogP contribution in [0.25, 0.3) is 10.9 Å². The molecular weight excluding hydrogens is 272 g/mol. The minimum atomic E-state index is -0.983. The summed E-state index contributed by atoms with van der Waals surface area (Å²) in [6.45, 7) is 1.32. The lowest BCUT2D eigenvalue weighted by atomic mass is 10.1. The number of carboxylic acids is 1. The monoisotopic (exact) mass is 290 g/mol. The number of aromatic amines is 1. The van der Waals surface area contributed by atoms with Crippen molar-refractivity contribution in [2.45, 2.75) is 6.42 Å². The number of H-pyrrole nitrogens is 1. The number of fused-ring (bicyclic) bond motifs is 1. The van der Waals surface area contributed by atoms with Crippen LogP contribution in [-0.4, -0.2) is 48.2 Å². The summed E-state index contributed by atoms with van der Waals surface area (Å²) in [6.07, 6.45) is -0.211. The number of hydrogen-bond donors (Lipinski definition) is 2. The number of aromatic nitrogens is 1. The molecule has 1 heterocycles. The fourth-order valence-corrected chi connectivity index (χ4v) is 1.98. The normalized spacial score (nSPS) is 11.0. The molecule has 0 aliphatic rings. The largest absolute Gasteiger partial charge is 0.492 e. The second-order valence-corrected chi connectivity index (χ2v) is 5.09. The molecule has 0 fully saturated rings. The number of ether oxygens (including phenoxy) is 1. The quantitative estimate of drug-likeness (QED) is 0.832. The molecule has 0 unspecified atom stereocenters. The molecule has 0 bridgehead atoms. The van der Waals surface area contributed by atoms with E-state index in [1.165, 1.54) is 6.07 Å². The van der Waals surface area contributed by atoms with E-state index in [4.69, 9.17) is 9.84 Å². The number of hydrogen-bond acceptors (Lipinski definition) is 4. The molecule has 2 aromatic rings. The van der Waals surface area contributed by atoms with E-state index in [1.807, 2.05) is 19.0 Å². The van der Waals surface area contributed by atoms with Crippen molar-refractivity contribution >= 4 is 16.9 Å². The van der Waals surface area contributed by atoms with Gasteiger partial charge in [-0.15, -0.1) is 0 Å². The molecule has 1 aromatic carbocycles. The molecule has 0 spiro atoms. The molecule has 0 amide bonds. The van der Waals surface area contributed by atoms with Gasteiger partial charge in [-0.1, -0.05) is 0 Å². The summed E-state index contributed by atoms with van der Waals surface area (Å²) in [5.41, 5.74) is 0.770. The Labute approximate surface area is 122 Å². The van der Waals surface area contributed by atoms with Gasteiger partial charge in [-0.25, -0.2) is 0 Å². The van der Waals surface area contributed by atoms with E-state index in [0.29, 0.717) is 29.0 Å². The summed E-state index contributed by atoms with van der Waals surface area (Å²) < 4.78 is 5.61. The van der Waals surface area contributed by atoms with Gasteiger partial charge >= 0.3 is 5.97 Å². The van der Waals surface area contributed by atoms with Gasteiger partial charge in [0.1, 0.15) is 12.4 Å². The van der Waals surface area contributed by atoms with Crippen LogP contribution < -0.4 is 10.2 Å². The van der Waals surface area contributed by atoms with Crippen molar-refractivity contribution in [2.75, 3.05) is 27.2 Å². The topological polar surface area (TPSA) is 82.6 Å². The van der Waals surface area contributed by atoms with Crippen LogP contribution in [0, 0.1) is 0 Å². The second-order valence-electron chi connectivity index (χ2n) is 5.09. The molecule has 1 aromatic heterocycles. The maximum Gasteiger partial charge on any atom is 0.309 e. The number of aliphatic carboxylic acids is 1. The molecule has 0 saturated carbocycles. The van der Waals surface area contributed by atoms with E-state index < -0.39 is 5.97 Å². The van der Waals surface area contributed by atoms with Gasteiger partial charge in [-0.3, -0.25) is 9.59 Å². The molecular formula is C15H18N2O4. The molecule has 0 saturated heterocycles. The van der Waals surface area contributed by atoms with Crippen molar-refractivity contribution in [1.82, 2.24) is 9.88 Å². The average molecular weight is 290 g/mol. The predicted molar refractivity (Wildman–Crippen MR) is 80.0 cm³/mol. The van der Waals surface area contributed by atoms with Crippen LogP contribution in [0.5, 0.6) is 5.75 Å². The molecule has 0 atom stereocenters. The van der Waals surface area contributed by atoms with Gasteiger partial charge in [-0.05, 0) is 26.2 Å². The Morgan fingerprint density at radius 3 is 2.76 bits per heavy atom. The van der Waals surface area contributed by atoms with Gasteiger partial charge in [0, 0.05) is 29.8 Å². The van der Waals surface area contributed by atoms with Gasteiger partial charge < -0.3 is 19.7 Å². The first kappa shape index (κ1) is 15.1. The Hall–Kier alpha value is -2.34. The lowest BCUT2D eigenvalue weighted by Crippen LogP contribution is -2.19. The fourth-order valence-electron chi connectivity index (χ4n) is 1.98. The number of likely N-dealkylation sites (N-methyl/N-ethyl adjacent to an activating group) is 1. The molecule has 2 rings (SSSR count). The summed E-state index contributed by atoms with van der Waals surface area (Å²) in [6, 6.07) is 6.47. The highest BCUT2D eigenvalue weighted by Crippen LogP contribution is 2.17. The first-order chi connectivity index (χ1) is 9.95. The number of pyridine rings is 1. The van der Waals surface area contributed by atoms with Crippen molar-refractivity contribution in [3.63, 3.8) is 0 Å². The highest BCUT2D eigenvalue weighted by Gasteiger charge is 2.07. The Balaban J connectivity index is 2.27. The summed E-state index contributed by atoms with van der Waals surface area (Å²) >= 11 is 0. The second kappa shape index (κ2) is 6.41. The molecule has 2 N–H and O–H groups in total. The SMILES string of the molecule is CN(C)CCOc1ccc2c(=O)cc(CC(=O)O)[nH]c2c1. The summed E-state index contributed by atoms with van der Waals surface area (Å²) in [4.78, 5) is 27.6. The van der Waals surface area contributed by atoms with Crippen molar-refractivity contribution in [3.05, 3.63) is 40.2 Å². The number of rotatable bonds is 6. The molecule has 112 valence electrons. The highest BCUT2D eigenvalue weighted by atomic mass is 16.5. The number of carbonyl (C=O) groups is 1. The molecule has 0 aliphatic heterocycles. The zero-order chi connectivity index (χ0) is 15.4. The first-order valence-corrected chi connectivity index (χ1v) is 6.61. The third kappa shape index (κ3) is 4.06. The van der Waals surface area contributed by atoms with Gasteiger partial charge in [0.15, 0.2) is 5.43 Å². The van der Waals surface area contributed by atoms with Crippen molar-refractivity contribution in [2.24, 2.45) is 0 Å². The van der Waals surface area contributed by atoms with E-state index in [9.17, 15) is 9.59 Å². The lowest BCUT2D eigenvalue weighted by Gasteiger charge is -2.11. The zero-order valence-corrected chi connectivity index (χ0v) is 12.0. The Morgan fingerprint density at radius 1 is 1.33 bits per heavy atom. The smallest absolute Gasteiger partial charge is 0.309 e. The maximum atomic E-state index is 11.9. The highest BCUT2D eigenvalue weighted by molar-refractivity contribution is 5.80. The molecule has 0 radical (unpaired) electrons. The number of carboxylic acid groups (broad SMARTS) is 1. The van der Waals surface area contributed by atoms with E-state index in [1.54, 1.807) is 18.2 Å². The molecule has 6 heteroatoms. The molecule has 0 aliphatic carbocycles. The van der Waals surface area contributed by atoms with Crippen molar-refractivity contribution in [3.8, 4) is 5.75 Å². The fraction of sp³-hybridized carbons (Fsp3) is 0.333. The predicted octanol–water partition coefficient (Wildman–Crippen LogP) is 1.10. The van der Waals surface area contributed by atoms with Crippen molar-refractivity contribution in [1.29, 1.82) is 0 Å². The third-order valence-electron chi connectivity index (χ3n) is 3.01. The zero-order valence-electron chi connectivity index (χ0n) is 12.0. The molecule has 21 heavy (non-hydrogen) atoms. The minimum absolute atomic E-state index is 0.195. The van der Waals surface area contributed by atoms with Crippen LogP contribution in [0.3, 0.4) is 0 Å². The van der Waals surface area contributed by atoms with Crippen LogP contribution in [-0.2, 0) is 11.2 Å². The van der Waals surface area contributed by atoms with Gasteiger partial charge in [0.2, 0.25) is 0 Å². The van der Waals surface area contributed by atoms with Crippen molar-refractivity contribution < 1.29 is 14.6 Å². The molecule has 6 nitrogen and oxygen atoms in total. The van der Waals surface area contributed by atoms with Crippen LogP contribution in [0.1, 0.15) is 5.69 Å². The minimum Gasteiger partial charge on any atom is -0.492 e. The summed E-state index contributed by atoms with van der Waals surface area (Å²) in [5.74, 6) is -0.337. The van der Waals surface area contributed by atoms with E-state index in [2.05, 4.69) is 4.98 Å². The Morgan fingerprint density at radius 2 is 2.10 bits per heavy atom. The van der Waals surface area contributed by atoms with Crippen LogP contribution in [0.2, 0.25) is 0 Å². The van der Waals surface area contributed by atoms with Gasteiger partial charge in [0.05, 0.1) is 11.9 Å². The first-order valence-electron chi connectivity index (χ1n) is 6.61. The third-order valence-corrected chi connectivity index (χ3v) is 3.01. The van der Waals surface area contributed by atoms with Gasteiger partial charge in [0.25, 0.3) is 0 Å². The van der Waals surface area contributed by atoms with E-state index in [-0.39, 0.29) is 11.8 Å². The number of nitrogens with one attached hydrogen (secondary N) is 1. The van der Waals surface area contributed by atoms with E-state index >= 15 is 0 Å². The maximum absolute atomic E-state index is 11.9. The Kier molecular flexibility index (Phi) is 4.59. The van der Waals surface area contributed by atoms with Crippen LogP contribution >= 0.6 is 0 Å².